The van der Waals surface area contributed by atoms with E-state index in [9.17, 15) is 41.0 Å². The smallest absolute Gasteiger partial charge is 0.416 e. The van der Waals surface area contributed by atoms with E-state index in [2.05, 4.69) is 50.3 Å². The molecule has 0 aliphatic carbocycles. The van der Waals surface area contributed by atoms with Gasteiger partial charge in [0.1, 0.15) is 25.4 Å². The van der Waals surface area contributed by atoms with E-state index in [0.717, 1.165) is 56.6 Å². The van der Waals surface area contributed by atoms with Gasteiger partial charge >= 0.3 is 36.4 Å². The van der Waals surface area contributed by atoms with Crippen LogP contribution in [0.1, 0.15) is 50.7 Å². The first-order valence-electron chi connectivity index (χ1n) is 25.6. The van der Waals surface area contributed by atoms with Gasteiger partial charge < -0.3 is 49.6 Å². The zero-order valence-corrected chi connectivity index (χ0v) is 44.7. The van der Waals surface area contributed by atoms with Crippen LogP contribution in [0, 0.1) is 0 Å². The second kappa shape index (κ2) is 23.2. The number of ether oxygens (including phenoxy) is 4. The van der Waals surface area contributed by atoms with Gasteiger partial charge in [0.15, 0.2) is 17.4 Å². The van der Waals surface area contributed by atoms with Crippen LogP contribution in [0.15, 0.2) is 85.5 Å². The zero-order chi connectivity index (χ0) is 57.4. The van der Waals surface area contributed by atoms with Gasteiger partial charge in [0, 0.05) is 37.3 Å². The van der Waals surface area contributed by atoms with Gasteiger partial charge in [-0.05, 0) is 75.9 Å². The number of pyridine rings is 2. The lowest BCUT2D eigenvalue weighted by Crippen LogP contribution is -2.56. The molecule has 0 unspecified atom stereocenters. The topological polar surface area (TPSA) is 226 Å². The van der Waals surface area contributed by atoms with Crippen LogP contribution in [-0.4, -0.2) is 135 Å². The summed E-state index contributed by atoms with van der Waals surface area (Å²) in [4.78, 5) is 60.0. The summed E-state index contributed by atoms with van der Waals surface area (Å²) in [5.74, 6) is -0.0542. The standard InChI is InChI=1S/C28H28ClF3N6O4.C25H24ClF3N6O4/c1-27(2)41-15-20(42-27)14-40-25-33-11-18(12-34-25)35-26(39)38-19-7-4-8-37(13-19)22-10-21(29)23(36-24(22)38)16-5-3-6-17(9-16)28(30,31)32;26-19-8-20-22(33-21(19)14-3-1-4-15(7-14)25(27,28)29)35(17-5-2-6-34(20)11-17)24(38)32-16-9-30-23(31-10-16)39-13-18(37)12-36/h3,5-6,9-12,19-20H,4,7-8,13-15H2,1-2H3,(H,35,39);1,3-4,7-10,17-18,36-37H,2,5-6,11-13H2,(H,32,38)/t19-,20-;17-,18+/m00/s1. The highest BCUT2D eigenvalue weighted by Crippen LogP contribution is 2.45. The van der Waals surface area contributed by atoms with Gasteiger partial charge in [-0.15, -0.1) is 0 Å². The minimum atomic E-state index is -4.54. The largest absolute Gasteiger partial charge is 0.461 e. The van der Waals surface area contributed by atoms with Crippen molar-refractivity contribution in [3.8, 4) is 34.5 Å². The Morgan fingerprint density at radius 1 is 0.728 bits per heavy atom. The van der Waals surface area contributed by atoms with E-state index in [0.29, 0.717) is 54.8 Å². The summed E-state index contributed by atoms with van der Waals surface area (Å²) < 4.78 is 102. The van der Waals surface area contributed by atoms with Crippen molar-refractivity contribution in [3.05, 3.63) is 107 Å². The highest BCUT2D eigenvalue weighted by molar-refractivity contribution is 6.34. The molecule has 5 aliphatic rings. The number of amides is 4. The fraction of sp³-hybridized carbons (Fsp3) is 0.396. The van der Waals surface area contributed by atoms with Crippen molar-refractivity contribution in [1.82, 2.24) is 29.9 Å². The average molecular weight is 1170 g/mol. The van der Waals surface area contributed by atoms with Crippen molar-refractivity contribution in [2.45, 2.75) is 82.0 Å². The van der Waals surface area contributed by atoms with E-state index < -0.39 is 54.0 Å². The highest BCUT2D eigenvalue weighted by Gasteiger charge is 2.42. The fourth-order valence-electron chi connectivity index (χ4n) is 10.0. The maximum atomic E-state index is 13.7. The number of nitrogens with one attached hydrogen (secondary N) is 2. The number of hydrogen-bond acceptors (Lipinski definition) is 16. The summed E-state index contributed by atoms with van der Waals surface area (Å²) in [6.07, 6.45) is -1.75. The van der Waals surface area contributed by atoms with E-state index in [1.54, 1.807) is 17.0 Å². The first-order chi connectivity index (χ1) is 38.6. The number of benzene rings is 2. The number of alkyl halides is 6. The first kappa shape index (κ1) is 56.9. The van der Waals surface area contributed by atoms with Crippen molar-refractivity contribution in [1.29, 1.82) is 0 Å². The van der Waals surface area contributed by atoms with Crippen LogP contribution in [0.4, 0.5) is 70.3 Å². The number of carbonyl (C=O) groups is 2. The summed E-state index contributed by atoms with van der Waals surface area (Å²) in [6, 6.07) is 11.5. The molecule has 2 aromatic carbocycles. The van der Waals surface area contributed by atoms with E-state index in [1.807, 2.05) is 13.8 Å². The molecule has 4 atom stereocenters. The molecule has 0 radical (unpaired) electrons. The summed E-state index contributed by atoms with van der Waals surface area (Å²) in [5, 5.41) is 24.2. The maximum absolute atomic E-state index is 13.7. The number of nitrogens with zero attached hydrogens (tertiary/aromatic N) is 10. The quantitative estimate of drug-likeness (QED) is 0.0886. The van der Waals surface area contributed by atoms with Crippen molar-refractivity contribution >= 4 is 69.6 Å². The Morgan fingerprint density at radius 2 is 1.19 bits per heavy atom. The Bertz CT molecular complexity index is 3280. The Morgan fingerprint density at radius 3 is 1.60 bits per heavy atom. The fourth-order valence-corrected chi connectivity index (χ4v) is 10.5. The molecule has 4 amide bonds. The maximum Gasteiger partial charge on any atom is 0.416 e. The number of rotatable bonds is 11. The summed E-state index contributed by atoms with van der Waals surface area (Å²) in [5.41, 5.74) is 0.885. The van der Waals surface area contributed by atoms with Crippen LogP contribution in [0.25, 0.3) is 22.5 Å². The highest BCUT2D eigenvalue weighted by atomic mass is 35.5. The Kier molecular flexibility index (Phi) is 16.3. The molecule has 4 bridgehead atoms. The molecule has 11 rings (SSSR count). The molecule has 3 saturated heterocycles. The number of urea groups is 2. The first-order valence-corrected chi connectivity index (χ1v) is 26.3. The zero-order valence-electron chi connectivity index (χ0n) is 43.2. The normalized spacial score (nSPS) is 19.4. The Balaban J connectivity index is 0.000000182. The van der Waals surface area contributed by atoms with Crippen LogP contribution >= 0.6 is 23.2 Å². The second-order valence-corrected chi connectivity index (χ2v) is 20.8. The summed E-state index contributed by atoms with van der Waals surface area (Å²) in [6.45, 7) is 6.20. The van der Waals surface area contributed by atoms with Gasteiger partial charge in [-0.25, -0.2) is 39.5 Å². The van der Waals surface area contributed by atoms with Crippen molar-refractivity contribution in [2.75, 3.05) is 82.8 Å². The van der Waals surface area contributed by atoms with Gasteiger partial charge in [0.25, 0.3) is 0 Å². The van der Waals surface area contributed by atoms with E-state index in [4.69, 9.17) is 47.3 Å². The molecule has 4 N–H and O–H groups in total. The molecule has 428 valence electrons. The number of aromatic nitrogens is 6. The molecule has 6 aromatic rings. The average Bonchev–Trinajstić information content (AvgIpc) is 3.83. The summed E-state index contributed by atoms with van der Waals surface area (Å²) >= 11 is 13.1. The molecule has 5 aliphatic heterocycles. The van der Waals surface area contributed by atoms with E-state index >= 15 is 0 Å². The molecule has 20 nitrogen and oxygen atoms in total. The number of aliphatic hydroxyl groups excluding tert-OH is 2. The predicted octanol–water partition coefficient (Wildman–Crippen LogP) is 9.73. The number of anilines is 6. The van der Waals surface area contributed by atoms with Crippen LogP contribution in [0.2, 0.25) is 10.0 Å². The lowest BCUT2D eigenvalue weighted by atomic mass is 9.99. The molecule has 0 spiro atoms. The number of aliphatic hydroxyl groups is 2. The van der Waals surface area contributed by atoms with Crippen LogP contribution < -0.4 is 39.7 Å². The number of carbonyl (C=O) groups excluding carboxylic acids is 2. The molecule has 28 heteroatoms. The Labute approximate surface area is 469 Å². The minimum absolute atomic E-state index is 0.0474. The van der Waals surface area contributed by atoms with Crippen molar-refractivity contribution in [3.63, 3.8) is 0 Å². The summed E-state index contributed by atoms with van der Waals surface area (Å²) in [7, 11) is 0. The number of halogens is 8. The predicted molar refractivity (Wildman–Crippen MR) is 286 cm³/mol. The molecular formula is C53H52Cl2F6N12O8. The molecule has 4 aromatic heterocycles. The van der Waals surface area contributed by atoms with Gasteiger partial charge in [-0.3, -0.25) is 9.80 Å². The molecule has 9 heterocycles. The third-order valence-electron chi connectivity index (χ3n) is 13.7. The monoisotopic (exact) mass is 1170 g/mol. The van der Waals surface area contributed by atoms with Crippen LogP contribution in [0.3, 0.4) is 0 Å². The molecule has 0 saturated carbocycles. The number of fused-ring (bicyclic) bond motifs is 8. The number of piperidine rings is 2. The third kappa shape index (κ3) is 12.9. The van der Waals surface area contributed by atoms with Crippen LogP contribution in [-0.2, 0) is 21.8 Å². The van der Waals surface area contributed by atoms with Crippen molar-refractivity contribution in [2.24, 2.45) is 0 Å². The molecular weight excluding hydrogens is 1120 g/mol. The van der Waals surface area contributed by atoms with Crippen LogP contribution in [0.5, 0.6) is 12.0 Å². The molecule has 81 heavy (non-hydrogen) atoms. The van der Waals surface area contributed by atoms with Gasteiger partial charge in [0.2, 0.25) is 0 Å². The van der Waals surface area contributed by atoms with E-state index in [1.165, 1.54) is 54.0 Å². The SMILES string of the molecule is CC1(C)OC[C@H](COc2ncc(NC(=O)N3c4nc(-c5cccc(C(F)(F)F)c5)c(Cl)cc4N4CCC[C@H]3C4)cn2)O1.O=C(Nc1cnc(OC[C@H](O)CO)nc1)N1c2nc(-c3cccc(C(F)(F)F)c3)c(Cl)cc2N2CCC[C@H]1C2. The second-order valence-electron chi connectivity index (χ2n) is 20.0. The van der Waals surface area contributed by atoms with Gasteiger partial charge in [-0.1, -0.05) is 47.5 Å². The lowest BCUT2D eigenvalue weighted by Gasteiger charge is -2.46. The van der Waals surface area contributed by atoms with E-state index in [-0.39, 0.29) is 81.7 Å². The third-order valence-corrected chi connectivity index (χ3v) is 14.3. The van der Waals surface area contributed by atoms with Gasteiger partial charge in [-0.2, -0.15) is 26.3 Å². The lowest BCUT2D eigenvalue weighted by molar-refractivity contribution is -0.141. The molecule has 3 fully saturated rings. The van der Waals surface area contributed by atoms with Gasteiger partial charge in [0.05, 0.1) is 105 Å². The number of hydrogen-bond donors (Lipinski definition) is 4. The Hall–Kier alpha value is -7.36. The minimum Gasteiger partial charge on any atom is -0.461 e. The van der Waals surface area contributed by atoms with Crippen molar-refractivity contribution < 1.29 is 65.1 Å².